The monoisotopic (exact) mass is 194 g/mol. The molecule has 1 saturated carbocycles. The Balaban J connectivity index is 2.13. The minimum Gasteiger partial charge on any atom is -0.392 e. The van der Waals surface area contributed by atoms with Gasteiger partial charge in [0.2, 0.25) is 0 Å². The van der Waals surface area contributed by atoms with Crippen molar-refractivity contribution in [3.8, 4) is 0 Å². The maximum absolute atomic E-state index is 11.6. The van der Waals surface area contributed by atoms with E-state index in [0.717, 1.165) is 6.42 Å². The summed E-state index contributed by atoms with van der Waals surface area (Å²) < 4.78 is 4.69. The first kappa shape index (κ1) is 8.17. The standard InChI is InChI=1S/C10H10O4/c11-4-5-3-6-7-1-2-10(5,7)9(13)14-8(6)12/h3,6-7,11H,1-2,4H2/t6?,7-,10+/m0/s1. The molecule has 0 radical (unpaired) electrons. The van der Waals surface area contributed by atoms with Gasteiger partial charge in [-0.3, -0.25) is 9.59 Å². The summed E-state index contributed by atoms with van der Waals surface area (Å²) >= 11 is 0. The zero-order valence-electron chi connectivity index (χ0n) is 7.53. The van der Waals surface area contributed by atoms with Gasteiger partial charge in [0.25, 0.3) is 0 Å². The maximum Gasteiger partial charge on any atom is 0.324 e. The van der Waals surface area contributed by atoms with Gasteiger partial charge in [0.05, 0.1) is 17.9 Å². The molecule has 1 saturated heterocycles. The molecule has 0 aromatic heterocycles. The Morgan fingerprint density at radius 3 is 2.93 bits per heavy atom. The summed E-state index contributed by atoms with van der Waals surface area (Å²) in [5.74, 6) is -1.12. The van der Waals surface area contributed by atoms with Crippen LogP contribution in [0.1, 0.15) is 12.8 Å². The molecular formula is C10H10O4. The number of ether oxygens (including phenoxy) is 1. The number of hydrogen-bond acceptors (Lipinski definition) is 4. The zero-order chi connectivity index (χ0) is 9.92. The Bertz CT molecular complexity index is 370. The van der Waals surface area contributed by atoms with E-state index in [9.17, 15) is 9.59 Å². The molecule has 4 heteroatoms. The molecule has 0 aromatic rings. The molecule has 74 valence electrons. The molecule has 3 atom stereocenters. The van der Waals surface area contributed by atoms with Crippen molar-refractivity contribution in [3.63, 3.8) is 0 Å². The second-order valence-electron chi connectivity index (χ2n) is 4.20. The van der Waals surface area contributed by atoms with Crippen LogP contribution in [-0.2, 0) is 14.3 Å². The lowest BCUT2D eigenvalue weighted by Gasteiger charge is -2.48. The van der Waals surface area contributed by atoms with Gasteiger partial charge in [0, 0.05) is 0 Å². The van der Waals surface area contributed by atoms with Crippen LogP contribution in [0.5, 0.6) is 0 Å². The number of aliphatic hydroxyl groups excluding tert-OH is 1. The van der Waals surface area contributed by atoms with Gasteiger partial charge in [0.1, 0.15) is 0 Å². The van der Waals surface area contributed by atoms with Gasteiger partial charge in [-0.25, -0.2) is 0 Å². The molecule has 1 N–H and O–H groups in total. The number of esters is 2. The van der Waals surface area contributed by atoms with E-state index < -0.39 is 17.4 Å². The summed E-state index contributed by atoms with van der Waals surface area (Å²) in [5, 5.41) is 9.15. The van der Waals surface area contributed by atoms with Crippen LogP contribution in [0, 0.1) is 17.3 Å². The van der Waals surface area contributed by atoms with Crippen LogP contribution in [0.4, 0.5) is 0 Å². The molecule has 1 unspecified atom stereocenters. The van der Waals surface area contributed by atoms with E-state index in [2.05, 4.69) is 4.74 Å². The highest BCUT2D eigenvalue weighted by atomic mass is 16.6. The lowest BCUT2D eigenvalue weighted by molar-refractivity contribution is -0.187. The van der Waals surface area contributed by atoms with E-state index in [1.54, 1.807) is 6.08 Å². The molecule has 1 heterocycles. The van der Waals surface area contributed by atoms with Crippen molar-refractivity contribution in [2.75, 3.05) is 6.61 Å². The average molecular weight is 194 g/mol. The second kappa shape index (κ2) is 2.25. The number of cyclic esters (lactones) is 2. The van der Waals surface area contributed by atoms with Gasteiger partial charge in [-0.05, 0) is 24.3 Å². The van der Waals surface area contributed by atoms with Gasteiger partial charge in [0.15, 0.2) is 0 Å². The van der Waals surface area contributed by atoms with Crippen molar-refractivity contribution in [2.45, 2.75) is 12.8 Å². The summed E-state index contributed by atoms with van der Waals surface area (Å²) in [7, 11) is 0. The lowest BCUT2D eigenvalue weighted by Crippen LogP contribution is -2.54. The third-order valence-corrected chi connectivity index (χ3v) is 3.87. The predicted molar refractivity (Wildman–Crippen MR) is 44.9 cm³/mol. The van der Waals surface area contributed by atoms with E-state index in [1.165, 1.54) is 0 Å². The summed E-state index contributed by atoms with van der Waals surface area (Å²) in [6.45, 7) is -0.143. The summed E-state index contributed by atoms with van der Waals surface area (Å²) in [6, 6.07) is 0. The highest BCUT2D eigenvalue weighted by Crippen LogP contribution is 2.62. The first-order valence-electron chi connectivity index (χ1n) is 4.78. The second-order valence-corrected chi connectivity index (χ2v) is 4.20. The molecule has 14 heavy (non-hydrogen) atoms. The van der Waals surface area contributed by atoms with Crippen molar-refractivity contribution < 1.29 is 19.4 Å². The minimum atomic E-state index is -0.632. The molecule has 0 spiro atoms. The van der Waals surface area contributed by atoms with Crippen molar-refractivity contribution in [2.24, 2.45) is 17.3 Å². The van der Waals surface area contributed by atoms with Crippen molar-refractivity contribution in [1.29, 1.82) is 0 Å². The Morgan fingerprint density at radius 1 is 1.57 bits per heavy atom. The molecule has 0 aromatic carbocycles. The van der Waals surface area contributed by atoms with E-state index in [0.29, 0.717) is 12.0 Å². The number of hydrogen-bond donors (Lipinski definition) is 1. The SMILES string of the molecule is O=C1OC(=O)[C@@]23CC[C@H]2C1C=C3CO. The van der Waals surface area contributed by atoms with Crippen LogP contribution in [0.3, 0.4) is 0 Å². The average Bonchev–Trinajstić information content (AvgIpc) is 2.25. The fourth-order valence-electron chi connectivity index (χ4n) is 3.03. The van der Waals surface area contributed by atoms with Gasteiger partial charge < -0.3 is 9.84 Å². The van der Waals surface area contributed by atoms with Crippen LogP contribution in [0.15, 0.2) is 11.6 Å². The van der Waals surface area contributed by atoms with Crippen LogP contribution >= 0.6 is 0 Å². The van der Waals surface area contributed by atoms with E-state index >= 15 is 0 Å². The molecule has 2 fully saturated rings. The molecule has 1 aliphatic heterocycles. The molecule has 2 aliphatic carbocycles. The van der Waals surface area contributed by atoms with Gasteiger partial charge in [-0.15, -0.1) is 0 Å². The third kappa shape index (κ3) is 0.629. The van der Waals surface area contributed by atoms with Crippen LogP contribution in [-0.4, -0.2) is 23.7 Å². The zero-order valence-corrected chi connectivity index (χ0v) is 7.53. The first-order chi connectivity index (χ1) is 6.70. The number of carbonyl (C=O) groups is 2. The topological polar surface area (TPSA) is 63.6 Å². The summed E-state index contributed by atoms with van der Waals surface area (Å²) in [4.78, 5) is 23.0. The highest BCUT2D eigenvalue weighted by Gasteiger charge is 2.66. The maximum atomic E-state index is 11.6. The third-order valence-electron chi connectivity index (χ3n) is 3.87. The minimum absolute atomic E-state index is 0.0680. The van der Waals surface area contributed by atoms with Crippen molar-refractivity contribution >= 4 is 11.9 Å². The highest BCUT2D eigenvalue weighted by molar-refractivity contribution is 5.99. The molecule has 0 amide bonds. The largest absolute Gasteiger partial charge is 0.392 e. The summed E-state index contributed by atoms with van der Waals surface area (Å²) in [5.41, 5.74) is 0.0578. The predicted octanol–water partition coefficient (Wildman–Crippen LogP) is 0.0147. The van der Waals surface area contributed by atoms with Gasteiger partial charge >= 0.3 is 11.9 Å². The molecule has 3 rings (SSSR count). The van der Waals surface area contributed by atoms with Crippen molar-refractivity contribution in [3.05, 3.63) is 11.6 Å². The molecule has 3 aliphatic rings. The molecule has 4 nitrogen and oxygen atoms in total. The Labute approximate surface area is 80.5 Å². The van der Waals surface area contributed by atoms with Crippen LogP contribution in [0.2, 0.25) is 0 Å². The number of rotatable bonds is 1. The van der Waals surface area contributed by atoms with Crippen LogP contribution in [0.25, 0.3) is 0 Å². The number of aliphatic hydroxyl groups is 1. The van der Waals surface area contributed by atoms with Crippen LogP contribution < -0.4 is 0 Å². The normalized spacial score (nSPS) is 43.9. The Hall–Kier alpha value is -1.16. The molecule has 2 bridgehead atoms. The fraction of sp³-hybridized carbons (Fsp3) is 0.600. The van der Waals surface area contributed by atoms with Gasteiger partial charge in [-0.2, -0.15) is 0 Å². The van der Waals surface area contributed by atoms with E-state index in [-0.39, 0.29) is 18.4 Å². The fourth-order valence-corrected chi connectivity index (χ4v) is 3.03. The van der Waals surface area contributed by atoms with E-state index in [1.807, 2.05) is 0 Å². The smallest absolute Gasteiger partial charge is 0.324 e. The first-order valence-corrected chi connectivity index (χ1v) is 4.78. The number of carbonyl (C=O) groups excluding carboxylic acids is 2. The lowest BCUT2D eigenvalue weighted by atomic mass is 9.56. The quantitative estimate of drug-likeness (QED) is 0.363. The molecular weight excluding hydrogens is 184 g/mol. The van der Waals surface area contributed by atoms with Gasteiger partial charge in [-0.1, -0.05) is 6.08 Å². The summed E-state index contributed by atoms with van der Waals surface area (Å²) in [6.07, 6.45) is 3.32. The van der Waals surface area contributed by atoms with Crippen molar-refractivity contribution in [1.82, 2.24) is 0 Å². The Kier molecular flexibility index (Phi) is 1.32. The van der Waals surface area contributed by atoms with E-state index in [4.69, 9.17) is 5.11 Å². The Morgan fingerprint density at radius 2 is 2.36 bits per heavy atom.